The third-order valence-electron chi connectivity index (χ3n) is 1.18. The minimum absolute atomic E-state index is 0. The second-order valence-electron chi connectivity index (χ2n) is 2.33. The van der Waals surface area contributed by atoms with Crippen LogP contribution in [0.2, 0.25) is 0 Å². The quantitative estimate of drug-likeness (QED) is 0.503. The number of carbonyl (C=O) groups excluding carboxylic acids is 1. The second kappa shape index (κ2) is 9.39. The Balaban J connectivity index is 0. The Bertz CT molecular complexity index is 224. The molecule has 69 valence electrons. The van der Waals surface area contributed by atoms with Gasteiger partial charge in [-0.3, -0.25) is 4.79 Å². The maximum absolute atomic E-state index is 10.6. The summed E-state index contributed by atoms with van der Waals surface area (Å²) in [6.45, 7) is 1.56. The van der Waals surface area contributed by atoms with E-state index in [0.717, 1.165) is 5.56 Å². The molecular weight excluding hydrogens is 179 g/mol. The second-order valence-corrected chi connectivity index (χ2v) is 3.15. The number of Topliss-reactive ketones (excluding diaryl/α,β-unsaturated/α-hetero) is 1. The molecular formula is C10H14BOS. The topological polar surface area (TPSA) is 17.1 Å². The van der Waals surface area contributed by atoms with Gasteiger partial charge in [-0.05, 0) is 19.4 Å². The molecule has 1 nitrogen and oxygen atoms in total. The molecule has 0 bridgehead atoms. The smallest absolute Gasteiger partial charge is 0.159 e. The van der Waals surface area contributed by atoms with Crippen molar-refractivity contribution in [1.29, 1.82) is 0 Å². The van der Waals surface area contributed by atoms with E-state index in [2.05, 4.69) is 0 Å². The van der Waals surface area contributed by atoms with E-state index in [0.29, 0.717) is 0 Å². The van der Waals surface area contributed by atoms with Gasteiger partial charge in [-0.1, -0.05) is 30.3 Å². The minimum Gasteiger partial charge on any atom is -0.295 e. The summed E-state index contributed by atoms with van der Waals surface area (Å²) in [5.74, 6) is 0.121. The van der Waals surface area contributed by atoms with Crippen molar-refractivity contribution in [2.45, 2.75) is 6.92 Å². The molecule has 3 heteroatoms. The number of carbonyl (C=O) groups is 1. The summed E-state index contributed by atoms with van der Waals surface area (Å²) in [4.78, 5) is 10.6. The van der Waals surface area contributed by atoms with E-state index in [1.165, 1.54) is 0 Å². The lowest BCUT2D eigenvalue weighted by Crippen LogP contribution is -1.88. The van der Waals surface area contributed by atoms with Gasteiger partial charge in [0.15, 0.2) is 5.78 Å². The van der Waals surface area contributed by atoms with Gasteiger partial charge in [-0.15, -0.1) is 0 Å². The van der Waals surface area contributed by atoms with Crippen LogP contribution < -0.4 is 0 Å². The molecule has 0 aliphatic heterocycles. The van der Waals surface area contributed by atoms with Crippen molar-refractivity contribution >= 4 is 26.0 Å². The van der Waals surface area contributed by atoms with Gasteiger partial charge in [0.2, 0.25) is 0 Å². The van der Waals surface area contributed by atoms with Crippen LogP contribution in [-0.4, -0.2) is 26.7 Å². The number of benzene rings is 1. The fourth-order valence-electron chi connectivity index (χ4n) is 0.673. The predicted octanol–water partition coefficient (Wildman–Crippen LogP) is 2.49. The van der Waals surface area contributed by atoms with Gasteiger partial charge in [0.1, 0.15) is 0 Å². The standard InChI is InChI=1S/C8H8O.C2H6S.B/c1-7(9)8-5-3-2-4-6-8;1-3-2;/h2-6H,1H3;1-2H3;. The number of rotatable bonds is 1. The molecule has 1 aromatic rings. The van der Waals surface area contributed by atoms with Crippen LogP contribution in [0.15, 0.2) is 30.3 Å². The van der Waals surface area contributed by atoms with Gasteiger partial charge >= 0.3 is 0 Å². The fourth-order valence-corrected chi connectivity index (χ4v) is 0.673. The maximum atomic E-state index is 10.6. The molecule has 0 saturated carbocycles. The van der Waals surface area contributed by atoms with Crippen molar-refractivity contribution in [1.82, 2.24) is 0 Å². The Morgan fingerprint density at radius 1 is 1.15 bits per heavy atom. The maximum Gasteiger partial charge on any atom is 0.159 e. The molecule has 0 aliphatic rings. The zero-order valence-electron chi connectivity index (χ0n) is 8.28. The first-order valence-electron chi connectivity index (χ1n) is 3.68. The third kappa shape index (κ3) is 7.66. The summed E-state index contributed by atoms with van der Waals surface area (Å²) in [5.41, 5.74) is 0.775. The molecule has 1 aromatic carbocycles. The average molecular weight is 193 g/mol. The lowest BCUT2D eigenvalue weighted by molar-refractivity contribution is 0.101. The van der Waals surface area contributed by atoms with E-state index in [1.54, 1.807) is 18.7 Å². The molecule has 0 unspecified atom stereocenters. The van der Waals surface area contributed by atoms with Gasteiger partial charge in [0.05, 0.1) is 0 Å². The number of ketones is 1. The van der Waals surface area contributed by atoms with E-state index in [9.17, 15) is 4.79 Å². The highest BCUT2D eigenvalue weighted by atomic mass is 32.2. The molecule has 13 heavy (non-hydrogen) atoms. The highest BCUT2D eigenvalue weighted by Gasteiger charge is 1.92. The molecule has 0 aliphatic carbocycles. The Kier molecular flexibility index (Phi) is 10.7. The lowest BCUT2D eigenvalue weighted by atomic mass is 10.2. The fraction of sp³-hybridized carbons (Fsp3) is 0.300. The molecule has 0 saturated heterocycles. The summed E-state index contributed by atoms with van der Waals surface area (Å²) >= 11 is 1.75. The van der Waals surface area contributed by atoms with E-state index < -0.39 is 0 Å². The molecule has 0 heterocycles. The summed E-state index contributed by atoms with van der Waals surface area (Å²) in [6, 6.07) is 9.23. The minimum atomic E-state index is 0. The van der Waals surface area contributed by atoms with Crippen LogP contribution in [-0.2, 0) is 0 Å². The summed E-state index contributed by atoms with van der Waals surface area (Å²) in [6.07, 6.45) is 4.08. The van der Waals surface area contributed by atoms with Crippen LogP contribution in [0.4, 0.5) is 0 Å². The first-order chi connectivity index (χ1) is 5.72. The van der Waals surface area contributed by atoms with E-state index >= 15 is 0 Å². The summed E-state index contributed by atoms with van der Waals surface area (Å²) in [7, 11) is 0. The Labute approximate surface area is 86.5 Å². The van der Waals surface area contributed by atoms with E-state index in [-0.39, 0.29) is 14.2 Å². The number of hydrogen-bond donors (Lipinski definition) is 0. The Morgan fingerprint density at radius 2 is 1.54 bits per heavy atom. The van der Waals surface area contributed by atoms with Gasteiger partial charge in [-0.25, -0.2) is 0 Å². The summed E-state index contributed by atoms with van der Waals surface area (Å²) < 4.78 is 0. The number of thioether (sulfide) groups is 1. The van der Waals surface area contributed by atoms with E-state index in [4.69, 9.17) is 0 Å². The van der Waals surface area contributed by atoms with Crippen LogP contribution in [0.25, 0.3) is 0 Å². The zero-order valence-corrected chi connectivity index (χ0v) is 9.10. The first kappa shape index (κ1) is 14.8. The van der Waals surface area contributed by atoms with Crippen LogP contribution >= 0.6 is 11.8 Å². The predicted molar refractivity (Wildman–Crippen MR) is 61.6 cm³/mol. The number of hydrogen-bond acceptors (Lipinski definition) is 2. The van der Waals surface area contributed by atoms with Gasteiger partial charge in [0.25, 0.3) is 0 Å². The van der Waals surface area contributed by atoms with Gasteiger partial charge in [-0.2, -0.15) is 11.8 Å². The normalized spacial score (nSPS) is 7.62. The van der Waals surface area contributed by atoms with Crippen LogP contribution in [0, 0.1) is 0 Å². The SMILES string of the molecule is CC(=O)c1ccccc1.CSC.[B]. The molecule has 0 spiro atoms. The van der Waals surface area contributed by atoms with Crippen LogP contribution in [0.5, 0.6) is 0 Å². The Hall–Kier alpha value is -0.695. The van der Waals surface area contributed by atoms with Crippen molar-refractivity contribution in [3.8, 4) is 0 Å². The van der Waals surface area contributed by atoms with Crippen LogP contribution in [0.1, 0.15) is 17.3 Å². The zero-order chi connectivity index (χ0) is 9.40. The Morgan fingerprint density at radius 3 is 1.77 bits per heavy atom. The van der Waals surface area contributed by atoms with Crippen LogP contribution in [0.3, 0.4) is 0 Å². The van der Waals surface area contributed by atoms with E-state index in [1.807, 2.05) is 42.8 Å². The highest BCUT2D eigenvalue weighted by molar-refractivity contribution is 7.97. The van der Waals surface area contributed by atoms with Crippen molar-refractivity contribution in [2.75, 3.05) is 12.5 Å². The first-order valence-corrected chi connectivity index (χ1v) is 5.31. The largest absolute Gasteiger partial charge is 0.295 e. The van der Waals surface area contributed by atoms with Gasteiger partial charge in [0, 0.05) is 14.0 Å². The van der Waals surface area contributed by atoms with Crippen molar-refractivity contribution in [3.05, 3.63) is 35.9 Å². The third-order valence-corrected chi connectivity index (χ3v) is 1.18. The summed E-state index contributed by atoms with van der Waals surface area (Å²) in [5, 5.41) is 0. The molecule has 0 amide bonds. The van der Waals surface area contributed by atoms with Crippen molar-refractivity contribution in [2.24, 2.45) is 0 Å². The monoisotopic (exact) mass is 193 g/mol. The molecule has 1 rings (SSSR count). The molecule has 0 aromatic heterocycles. The van der Waals surface area contributed by atoms with Crippen molar-refractivity contribution < 1.29 is 4.79 Å². The molecule has 0 fully saturated rings. The lowest BCUT2D eigenvalue weighted by Gasteiger charge is -1.89. The molecule has 0 N–H and O–H groups in total. The molecule has 0 atom stereocenters. The molecule has 3 radical (unpaired) electrons. The average Bonchev–Trinajstić information content (AvgIpc) is 2.07. The highest BCUT2D eigenvalue weighted by Crippen LogP contribution is 1.97. The van der Waals surface area contributed by atoms with Gasteiger partial charge < -0.3 is 0 Å². The van der Waals surface area contributed by atoms with Crippen molar-refractivity contribution in [3.63, 3.8) is 0 Å².